The predicted octanol–water partition coefficient (Wildman–Crippen LogP) is 4.41. The summed E-state index contributed by atoms with van der Waals surface area (Å²) in [5.41, 5.74) is 1.29. The van der Waals surface area contributed by atoms with Crippen LogP contribution in [0.3, 0.4) is 0 Å². The molecule has 0 radical (unpaired) electrons. The molecular formula is C15H28O. The van der Waals surface area contributed by atoms with Gasteiger partial charge in [-0.2, -0.15) is 0 Å². The van der Waals surface area contributed by atoms with E-state index < -0.39 is 0 Å². The van der Waals surface area contributed by atoms with Crippen molar-refractivity contribution in [2.24, 2.45) is 16.2 Å². The van der Waals surface area contributed by atoms with Gasteiger partial charge in [0.15, 0.2) is 0 Å². The molecule has 3 aliphatic rings. The zero-order chi connectivity index (χ0) is 12.2. The molecule has 0 aromatic carbocycles. The van der Waals surface area contributed by atoms with Crippen molar-refractivity contribution in [1.82, 2.24) is 0 Å². The first-order valence-electron chi connectivity index (χ1n) is 6.76. The summed E-state index contributed by atoms with van der Waals surface area (Å²) in [6.07, 6.45) is 5.23. The second-order valence-electron chi connectivity index (χ2n) is 8.06. The molecule has 2 bridgehead atoms. The number of ether oxygens (including phenoxy) is 1. The predicted molar refractivity (Wildman–Crippen MR) is 68.5 cm³/mol. The fraction of sp³-hybridized carbons (Fsp3) is 1.00. The summed E-state index contributed by atoms with van der Waals surface area (Å²) in [7, 11) is 0. The van der Waals surface area contributed by atoms with E-state index >= 15 is 0 Å². The highest BCUT2D eigenvalue weighted by molar-refractivity contribution is 5.07. The van der Waals surface area contributed by atoms with Crippen LogP contribution in [-0.4, -0.2) is 12.2 Å². The lowest BCUT2D eigenvalue weighted by Gasteiger charge is -2.62. The first-order chi connectivity index (χ1) is 7.12. The van der Waals surface area contributed by atoms with E-state index in [1.807, 2.05) is 0 Å². The minimum absolute atomic E-state index is 0.167. The zero-order valence-electron chi connectivity index (χ0n) is 11.9. The van der Waals surface area contributed by atoms with E-state index in [4.69, 9.17) is 4.74 Å². The molecular weight excluding hydrogens is 196 g/mol. The topological polar surface area (TPSA) is 9.23 Å². The van der Waals surface area contributed by atoms with Crippen molar-refractivity contribution in [3.63, 3.8) is 0 Å². The molecule has 94 valence electrons. The molecule has 2 saturated heterocycles. The number of hydrogen-bond donors (Lipinski definition) is 0. The third kappa shape index (κ3) is 1.54. The third-order valence-electron chi connectivity index (χ3n) is 5.60. The van der Waals surface area contributed by atoms with Crippen LogP contribution in [0.1, 0.15) is 67.2 Å². The largest absolute Gasteiger partial charge is 0.374 e. The maximum Gasteiger partial charge on any atom is 0.0731 e. The van der Waals surface area contributed by atoms with Gasteiger partial charge in [-0.05, 0) is 41.9 Å². The summed E-state index contributed by atoms with van der Waals surface area (Å²) in [4.78, 5) is 0. The van der Waals surface area contributed by atoms with E-state index in [0.29, 0.717) is 10.8 Å². The van der Waals surface area contributed by atoms with Gasteiger partial charge in [0.1, 0.15) is 0 Å². The van der Waals surface area contributed by atoms with Gasteiger partial charge >= 0.3 is 0 Å². The van der Waals surface area contributed by atoms with Gasteiger partial charge in [-0.1, -0.05) is 41.5 Å². The maximum absolute atomic E-state index is 6.36. The second kappa shape index (κ2) is 3.25. The first kappa shape index (κ1) is 12.4. The Hall–Kier alpha value is -0.0400. The molecule has 0 unspecified atom stereocenters. The number of rotatable bonds is 0. The molecule has 2 aliphatic heterocycles. The van der Waals surface area contributed by atoms with Crippen molar-refractivity contribution < 1.29 is 4.74 Å². The number of hydrogen-bond acceptors (Lipinski definition) is 1. The van der Waals surface area contributed by atoms with Crippen LogP contribution in [0.25, 0.3) is 0 Å². The highest BCUT2D eigenvalue weighted by Crippen LogP contribution is 2.60. The van der Waals surface area contributed by atoms with Crippen LogP contribution in [0.5, 0.6) is 0 Å². The van der Waals surface area contributed by atoms with E-state index in [1.54, 1.807) is 0 Å². The van der Waals surface area contributed by atoms with Gasteiger partial charge in [-0.25, -0.2) is 0 Å². The van der Waals surface area contributed by atoms with E-state index in [2.05, 4.69) is 41.5 Å². The summed E-state index contributed by atoms with van der Waals surface area (Å²) in [5, 5.41) is 0. The first-order valence-corrected chi connectivity index (χ1v) is 6.76. The van der Waals surface area contributed by atoms with Crippen LogP contribution in [0.15, 0.2) is 0 Å². The third-order valence-corrected chi connectivity index (χ3v) is 5.60. The zero-order valence-corrected chi connectivity index (χ0v) is 11.9. The van der Waals surface area contributed by atoms with Crippen LogP contribution < -0.4 is 0 Å². The lowest BCUT2D eigenvalue weighted by Crippen LogP contribution is -2.60. The Balaban J connectivity index is 2.22. The van der Waals surface area contributed by atoms with Crippen molar-refractivity contribution in [2.45, 2.75) is 72.8 Å². The molecule has 16 heavy (non-hydrogen) atoms. The standard InChI is InChI=1S/C15H28O/c1-12(2,3)14-7-9-15(10-8-14,16-11-14)13(4,5)6/h7-11H2,1-6H3. The molecule has 0 aromatic rings. The van der Waals surface area contributed by atoms with Gasteiger partial charge in [0.25, 0.3) is 0 Å². The van der Waals surface area contributed by atoms with Gasteiger partial charge in [0, 0.05) is 0 Å². The van der Waals surface area contributed by atoms with Crippen molar-refractivity contribution in [2.75, 3.05) is 6.61 Å². The SMILES string of the molecule is CC(C)(C)C12CCC(C(C)(C)C)(CC1)OC2. The maximum atomic E-state index is 6.36. The summed E-state index contributed by atoms with van der Waals surface area (Å²) >= 11 is 0. The summed E-state index contributed by atoms with van der Waals surface area (Å²) in [5.74, 6) is 0. The molecule has 0 spiro atoms. The van der Waals surface area contributed by atoms with Crippen molar-refractivity contribution >= 4 is 0 Å². The van der Waals surface area contributed by atoms with E-state index in [9.17, 15) is 0 Å². The van der Waals surface area contributed by atoms with Crippen LogP contribution in [0, 0.1) is 16.2 Å². The molecule has 0 aromatic heterocycles. The fourth-order valence-electron chi connectivity index (χ4n) is 3.63. The number of fused-ring (bicyclic) bond motifs is 3. The summed E-state index contributed by atoms with van der Waals surface area (Å²) in [6, 6.07) is 0. The molecule has 1 nitrogen and oxygen atoms in total. The second-order valence-corrected chi connectivity index (χ2v) is 8.06. The normalized spacial score (nSPS) is 40.1. The van der Waals surface area contributed by atoms with Crippen molar-refractivity contribution in [1.29, 1.82) is 0 Å². The molecule has 3 rings (SSSR count). The molecule has 1 saturated carbocycles. The molecule has 0 N–H and O–H groups in total. The van der Waals surface area contributed by atoms with Crippen molar-refractivity contribution in [3.05, 3.63) is 0 Å². The van der Waals surface area contributed by atoms with E-state index in [1.165, 1.54) is 25.7 Å². The molecule has 1 aliphatic carbocycles. The lowest BCUT2D eigenvalue weighted by molar-refractivity contribution is -0.249. The van der Waals surface area contributed by atoms with Crippen LogP contribution in [0.2, 0.25) is 0 Å². The highest BCUT2D eigenvalue weighted by atomic mass is 16.5. The monoisotopic (exact) mass is 224 g/mol. The van der Waals surface area contributed by atoms with Gasteiger partial charge in [-0.3, -0.25) is 0 Å². The Bertz CT molecular complexity index is 222. The lowest BCUT2D eigenvalue weighted by atomic mass is 9.52. The molecule has 1 heteroatoms. The van der Waals surface area contributed by atoms with Gasteiger partial charge in [0.2, 0.25) is 0 Å². The smallest absolute Gasteiger partial charge is 0.0731 e. The van der Waals surface area contributed by atoms with E-state index in [0.717, 1.165) is 6.61 Å². The fourth-order valence-corrected chi connectivity index (χ4v) is 3.63. The molecule has 0 amide bonds. The minimum atomic E-state index is 0.167. The van der Waals surface area contributed by atoms with E-state index in [-0.39, 0.29) is 11.0 Å². The molecule has 3 fully saturated rings. The van der Waals surface area contributed by atoms with Crippen molar-refractivity contribution in [3.8, 4) is 0 Å². The van der Waals surface area contributed by atoms with Crippen LogP contribution in [0.4, 0.5) is 0 Å². The van der Waals surface area contributed by atoms with Crippen LogP contribution >= 0.6 is 0 Å². The Labute approximate surface area is 101 Å². The summed E-state index contributed by atoms with van der Waals surface area (Å²) in [6.45, 7) is 15.1. The Morgan fingerprint density at radius 1 is 0.750 bits per heavy atom. The van der Waals surface area contributed by atoms with Crippen LogP contribution in [-0.2, 0) is 4.74 Å². The Morgan fingerprint density at radius 2 is 1.25 bits per heavy atom. The average Bonchev–Trinajstić information content (AvgIpc) is 2.17. The Morgan fingerprint density at radius 3 is 1.50 bits per heavy atom. The average molecular weight is 224 g/mol. The quantitative estimate of drug-likeness (QED) is 0.592. The summed E-state index contributed by atoms with van der Waals surface area (Å²) < 4.78 is 6.36. The molecule has 0 atom stereocenters. The molecule has 2 heterocycles. The van der Waals surface area contributed by atoms with Gasteiger partial charge in [-0.15, -0.1) is 0 Å². The van der Waals surface area contributed by atoms with Gasteiger partial charge < -0.3 is 4.74 Å². The highest BCUT2D eigenvalue weighted by Gasteiger charge is 2.57. The van der Waals surface area contributed by atoms with Gasteiger partial charge in [0.05, 0.1) is 12.2 Å². The minimum Gasteiger partial charge on any atom is -0.374 e. The Kier molecular flexibility index (Phi) is 2.52.